The summed E-state index contributed by atoms with van der Waals surface area (Å²) in [6.45, 7) is 1.20. The van der Waals surface area contributed by atoms with Gasteiger partial charge in [0.2, 0.25) is 10.0 Å². The van der Waals surface area contributed by atoms with E-state index in [9.17, 15) is 13.2 Å². The van der Waals surface area contributed by atoms with Crippen molar-refractivity contribution in [2.75, 3.05) is 34.4 Å². The number of benzene rings is 2. The highest BCUT2D eigenvalue weighted by Crippen LogP contribution is 2.30. The Hall–Kier alpha value is -2.78. The minimum absolute atomic E-state index is 0.0145. The standard InChI is InChI=1S/C23H30N2O6S/c1-29-19-10-8-17(14-21(19)31-3)16-24-23(26)18-9-11-20(30-2)22(15-18)32(27,28)25-12-6-4-5-7-13-25/h8-11,14-15H,4-7,12-13,16H2,1-3H3,(H,24,26). The van der Waals surface area contributed by atoms with E-state index in [1.807, 2.05) is 6.07 Å². The first-order chi connectivity index (χ1) is 15.4. The summed E-state index contributed by atoms with van der Waals surface area (Å²) in [4.78, 5) is 12.8. The van der Waals surface area contributed by atoms with Gasteiger partial charge in [-0.3, -0.25) is 4.79 Å². The van der Waals surface area contributed by atoms with E-state index in [1.54, 1.807) is 32.4 Å². The van der Waals surface area contributed by atoms with Gasteiger partial charge in [0, 0.05) is 25.2 Å². The molecule has 1 N–H and O–H groups in total. The molecular weight excluding hydrogens is 432 g/mol. The highest BCUT2D eigenvalue weighted by atomic mass is 32.2. The van der Waals surface area contributed by atoms with E-state index in [4.69, 9.17) is 14.2 Å². The summed E-state index contributed by atoms with van der Waals surface area (Å²) in [6.07, 6.45) is 3.68. The predicted octanol–water partition coefficient (Wildman–Crippen LogP) is 3.21. The van der Waals surface area contributed by atoms with Gasteiger partial charge in [-0.15, -0.1) is 0 Å². The number of rotatable bonds is 8. The summed E-state index contributed by atoms with van der Waals surface area (Å²) in [6, 6.07) is 9.84. The molecule has 2 aromatic rings. The molecule has 0 radical (unpaired) electrons. The van der Waals surface area contributed by atoms with E-state index in [0.29, 0.717) is 24.6 Å². The molecule has 1 heterocycles. The van der Waals surface area contributed by atoms with Crippen LogP contribution in [0.2, 0.25) is 0 Å². The van der Waals surface area contributed by atoms with Crippen molar-refractivity contribution >= 4 is 15.9 Å². The molecule has 0 aliphatic carbocycles. The van der Waals surface area contributed by atoms with Crippen LogP contribution in [0.25, 0.3) is 0 Å². The Morgan fingerprint density at radius 1 is 0.875 bits per heavy atom. The fourth-order valence-corrected chi connectivity index (χ4v) is 5.41. The zero-order valence-corrected chi connectivity index (χ0v) is 19.5. The molecule has 1 aliphatic rings. The number of methoxy groups -OCH3 is 3. The molecule has 32 heavy (non-hydrogen) atoms. The van der Waals surface area contributed by atoms with E-state index >= 15 is 0 Å². The number of ether oxygens (including phenoxy) is 3. The van der Waals surface area contributed by atoms with Crippen molar-refractivity contribution in [1.29, 1.82) is 0 Å². The predicted molar refractivity (Wildman–Crippen MR) is 121 cm³/mol. The number of nitrogens with one attached hydrogen (secondary N) is 1. The summed E-state index contributed by atoms with van der Waals surface area (Å²) in [5, 5.41) is 2.83. The molecule has 8 nitrogen and oxygen atoms in total. The molecule has 1 aliphatic heterocycles. The van der Waals surface area contributed by atoms with Crippen molar-refractivity contribution in [3.63, 3.8) is 0 Å². The molecule has 0 bridgehead atoms. The van der Waals surface area contributed by atoms with Crippen LogP contribution in [0.4, 0.5) is 0 Å². The number of amides is 1. The maximum atomic E-state index is 13.3. The van der Waals surface area contributed by atoms with Crippen LogP contribution in [0.15, 0.2) is 41.3 Å². The van der Waals surface area contributed by atoms with Crippen LogP contribution in [-0.4, -0.2) is 53.0 Å². The van der Waals surface area contributed by atoms with E-state index in [-0.39, 0.29) is 28.7 Å². The van der Waals surface area contributed by atoms with Gasteiger partial charge >= 0.3 is 0 Å². The van der Waals surface area contributed by atoms with Crippen molar-refractivity contribution in [3.8, 4) is 17.2 Å². The first-order valence-corrected chi connectivity index (χ1v) is 12.0. The van der Waals surface area contributed by atoms with Crippen LogP contribution >= 0.6 is 0 Å². The van der Waals surface area contributed by atoms with E-state index in [2.05, 4.69) is 5.32 Å². The second-order valence-electron chi connectivity index (χ2n) is 7.56. The number of carbonyl (C=O) groups is 1. The van der Waals surface area contributed by atoms with Crippen LogP contribution in [0, 0.1) is 0 Å². The summed E-state index contributed by atoms with van der Waals surface area (Å²) >= 11 is 0. The van der Waals surface area contributed by atoms with Crippen molar-refractivity contribution < 1.29 is 27.4 Å². The average molecular weight is 463 g/mol. The summed E-state index contributed by atoms with van der Waals surface area (Å²) < 4.78 is 43.9. The number of hydrogen-bond donors (Lipinski definition) is 1. The van der Waals surface area contributed by atoms with E-state index in [0.717, 1.165) is 31.2 Å². The highest BCUT2D eigenvalue weighted by molar-refractivity contribution is 7.89. The molecule has 9 heteroatoms. The van der Waals surface area contributed by atoms with Crippen molar-refractivity contribution in [2.24, 2.45) is 0 Å². The van der Waals surface area contributed by atoms with E-state index < -0.39 is 10.0 Å². The Kier molecular flexibility index (Phi) is 7.98. The zero-order valence-electron chi connectivity index (χ0n) is 18.7. The van der Waals surface area contributed by atoms with Gasteiger partial charge in [-0.05, 0) is 48.7 Å². The topological polar surface area (TPSA) is 94.2 Å². The Balaban J connectivity index is 1.80. The minimum atomic E-state index is -3.77. The second-order valence-corrected chi connectivity index (χ2v) is 9.46. The van der Waals surface area contributed by atoms with Crippen LogP contribution in [0.5, 0.6) is 17.2 Å². The third-order valence-corrected chi connectivity index (χ3v) is 7.43. The van der Waals surface area contributed by atoms with Crippen molar-refractivity contribution in [2.45, 2.75) is 37.1 Å². The van der Waals surface area contributed by atoms with Crippen LogP contribution in [0.1, 0.15) is 41.6 Å². The minimum Gasteiger partial charge on any atom is -0.495 e. The molecule has 0 atom stereocenters. The van der Waals surface area contributed by atoms with Crippen molar-refractivity contribution in [1.82, 2.24) is 9.62 Å². The third kappa shape index (κ3) is 5.34. The van der Waals surface area contributed by atoms with Gasteiger partial charge < -0.3 is 19.5 Å². The lowest BCUT2D eigenvalue weighted by Crippen LogP contribution is -2.32. The summed E-state index contributed by atoms with van der Waals surface area (Å²) in [5.74, 6) is 1.01. The molecule has 0 spiro atoms. The SMILES string of the molecule is COc1ccc(CNC(=O)c2ccc(OC)c(S(=O)(=O)N3CCCCCC3)c2)cc1OC. The third-order valence-electron chi connectivity index (χ3n) is 5.51. The van der Waals surface area contributed by atoms with Gasteiger partial charge in [0.05, 0.1) is 21.3 Å². The second kappa shape index (κ2) is 10.7. The van der Waals surface area contributed by atoms with Crippen LogP contribution in [-0.2, 0) is 16.6 Å². The molecule has 1 amide bonds. The number of nitrogens with zero attached hydrogens (tertiary/aromatic N) is 1. The number of hydrogen-bond acceptors (Lipinski definition) is 6. The summed E-state index contributed by atoms with van der Waals surface area (Å²) in [5.41, 5.74) is 1.07. The monoisotopic (exact) mass is 462 g/mol. The van der Waals surface area contributed by atoms with Gasteiger partial charge in [-0.2, -0.15) is 4.31 Å². The normalized spacial score (nSPS) is 15.0. The molecular formula is C23H30N2O6S. The quantitative estimate of drug-likeness (QED) is 0.648. The maximum Gasteiger partial charge on any atom is 0.251 e. The lowest BCUT2D eigenvalue weighted by molar-refractivity contribution is 0.0950. The van der Waals surface area contributed by atoms with Gasteiger partial charge in [0.25, 0.3) is 5.91 Å². The largest absolute Gasteiger partial charge is 0.495 e. The smallest absolute Gasteiger partial charge is 0.251 e. The fourth-order valence-electron chi connectivity index (χ4n) is 3.72. The molecule has 1 fully saturated rings. The first kappa shape index (κ1) is 23.9. The Morgan fingerprint density at radius 3 is 2.12 bits per heavy atom. The van der Waals surface area contributed by atoms with Gasteiger partial charge in [-0.1, -0.05) is 18.9 Å². The summed E-state index contributed by atoms with van der Waals surface area (Å²) in [7, 11) is 0.755. The Morgan fingerprint density at radius 2 is 1.50 bits per heavy atom. The Bertz CT molecular complexity index is 1050. The molecule has 3 rings (SSSR count). The average Bonchev–Trinajstić information content (AvgIpc) is 3.12. The first-order valence-electron chi connectivity index (χ1n) is 10.6. The van der Waals surface area contributed by atoms with Crippen molar-refractivity contribution in [3.05, 3.63) is 47.5 Å². The van der Waals surface area contributed by atoms with Gasteiger partial charge in [-0.25, -0.2) is 8.42 Å². The lowest BCUT2D eigenvalue weighted by Gasteiger charge is -2.21. The zero-order chi connectivity index (χ0) is 23.1. The number of carbonyl (C=O) groups excluding carboxylic acids is 1. The molecule has 1 saturated heterocycles. The maximum absolute atomic E-state index is 13.3. The number of sulfonamides is 1. The lowest BCUT2D eigenvalue weighted by atomic mass is 10.1. The highest BCUT2D eigenvalue weighted by Gasteiger charge is 2.29. The molecule has 0 unspecified atom stereocenters. The Labute approximate surface area is 189 Å². The van der Waals surface area contributed by atoms with Gasteiger partial charge in [0.1, 0.15) is 10.6 Å². The van der Waals surface area contributed by atoms with Gasteiger partial charge in [0.15, 0.2) is 11.5 Å². The van der Waals surface area contributed by atoms with E-state index in [1.165, 1.54) is 23.5 Å². The molecule has 174 valence electrons. The van der Waals surface area contributed by atoms with Crippen LogP contribution in [0.3, 0.4) is 0 Å². The van der Waals surface area contributed by atoms with Crippen LogP contribution < -0.4 is 19.5 Å². The fraction of sp³-hybridized carbons (Fsp3) is 0.435. The molecule has 2 aromatic carbocycles. The molecule has 0 saturated carbocycles. The molecule has 0 aromatic heterocycles.